The van der Waals surface area contributed by atoms with Gasteiger partial charge in [-0.1, -0.05) is 11.6 Å². The molecule has 7 heteroatoms. The second-order valence-electron chi connectivity index (χ2n) is 3.54. The van der Waals surface area contributed by atoms with Crippen molar-refractivity contribution < 1.29 is 9.47 Å². The van der Waals surface area contributed by atoms with Crippen molar-refractivity contribution in [3.8, 4) is 11.5 Å². The van der Waals surface area contributed by atoms with E-state index in [4.69, 9.17) is 32.7 Å². The van der Waals surface area contributed by atoms with Crippen molar-refractivity contribution in [1.82, 2.24) is 9.97 Å². The fourth-order valence-corrected chi connectivity index (χ4v) is 1.92. The van der Waals surface area contributed by atoms with Gasteiger partial charge in [-0.25, -0.2) is 9.97 Å². The van der Waals surface area contributed by atoms with Crippen LogP contribution in [-0.2, 0) is 0 Å². The monoisotopic (exact) mass is 299 g/mol. The molecule has 2 aromatic rings. The molecule has 1 heterocycles. The minimum atomic E-state index is 0.0791. The number of nitrogens with one attached hydrogen (secondary N) is 1. The van der Waals surface area contributed by atoms with Crippen molar-refractivity contribution in [3.63, 3.8) is 0 Å². The number of hydrogen-bond acceptors (Lipinski definition) is 5. The number of aromatic nitrogens is 2. The van der Waals surface area contributed by atoms with Crippen LogP contribution >= 0.6 is 23.2 Å². The fraction of sp³-hybridized carbons (Fsp3) is 0.167. The van der Waals surface area contributed by atoms with E-state index in [2.05, 4.69) is 15.3 Å². The van der Waals surface area contributed by atoms with Gasteiger partial charge in [0.2, 0.25) is 5.28 Å². The Kier molecular flexibility index (Phi) is 4.29. The van der Waals surface area contributed by atoms with E-state index in [0.717, 1.165) is 5.69 Å². The highest BCUT2D eigenvalue weighted by Gasteiger charge is 2.06. The van der Waals surface area contributed by atoms with Crippen LogP contribution in [0.5, 0.6) is 11.5 Å². The lowest BCUT2D eigenvalue weighted by Gasteiger charge is -2.11. The van der Waals surface area contributed by atoms with Crippen molar-refractivity contribution in [2.75, 3.05) is 19.5 Å². The predicted molar refractivity (Wildman–Crippen MR) is 74.9 cm³/mol. The molecule has 5 nitrogen and oxygen atoms in total. The van der Waals surface area contributed by atoms with Gasteiger partial charge in [-0.05, 0) is 23.7 Å². The van der Waals surface area contributed by atoms with E-state index in [1.54, 1.807) is 32.4 Å². The number of anilines is 2. The van der Waals surface area contributed by atoms with Crippen LogP contribution in [0.3, 0.4) is 0 Å². The Bertz CT molecular complexity index is 573. The van der Waals surface area contributed by atoms with E-state index in [1.165, 1.54) is 0 Å². The molecule has 0 unspecified atom stereocenters. The van der Waals surface area contributed by atoms with E-state index in [1.807, 2.05) is 6.07 Å². The smallest absolute Gasteiger partial charge is 0.225 e. The molecule has 0 aliphatic carbocycles. The summed E-state index contributed by atoms with van der Waals surface area (Å²) in [6, 6.07) is 6.96. The quantitative estimate of drug-likeness (QED) is 0.691. The van der Waals surface area contributed by atoms with Gasteiger partial charge >= 0.3 is 0 Å². The Hall–Kier alpha value is -1.72. The average molecular weight is 300 g/mol. The Morgan fingerprint density at radius 3 is 2.37 bits per heavy atom. The highest BCUT2D eigenvalue weighted by molar-refractivity contribution is 6.32. The maximum absolute atomic E-state index is 5.80. The molecule has 19 heavy (non-hydrogen) atoms. The largest absolute Gasteiger partial charge is 0.493 e. The molecule has 0 atom stereocenters. The van der Waals surface area contributed by atoms with Gasteiger partial charge in [-0.15, -0.1) is 0 Å². The van der Waals surface area contributed by atoms with Gasteiger partial charge in [0.25, 0.3) is 0 Å². The lowest BCUT2D eigenvalue weighted by atomic mass is 10.2. The molecule has 0 amide bonds. The molecule has 0 aliphatic heterocycles. The van der Waals surface area contributed by atoms with E-state index < -0.39 is 0 Å². The maximum atomic E-state index is 5.80. The summed E-state index contributed by atoms with van der Waals surface area (Å²) in [7, 11) is 3.15. The van der Waals surface area contributed by atoms with E-state index >= 15 is 0 Å². The summed E-state index contributed by atoms with van der Waals surface area (Å²) in [6.07, 6.45) is 0. The minimum absolute atomic E-state index is 0.0791. The zero-order valence-corrected chi connectivity index (χ0v) is 11.8. The number of nitrogens with zero attached hydrogens (tertiary/aromatic N) is 2. The van der Waals surface area contributed by atoms with Gasteiger partial charge < -0.3 is 14.8 Å². The molecule has 0 radical (unpaired) electrons. The van der Waals surface area contributed by atoms with Crippen LogP contribution in [0.2, 0.25) is 10.4 Å². The van der Waals surface area contributed by atoms with Gasteiger partial charge in [0.15, 0.2) is 11.5 Å². The molecule has 1 N–H and O–H groups in total. The predicted octanol–water partition coefficient (Wildman–Crippen LogP) is 3.54. The molecule has 0 saturated heterocycles. The van der Waals surface area contributed by atoms with Crippen LogP contribution in [0.4, 0.5) is 11.5 Å². The number of halogens is 2. The average Bonchev–Trinajstić information content (AvgIpc) is 2.37. The third kappa shape index (κ3) is 3.39. The molecule has 1 aromatic heterocycles. The Morgan fingerprint density at radius 2 is 1.74 bits per heavy atom. The van der Waals surface area contributed by atoms with Gasteiger partial charge in [0.1, 0.15) is 11.0 Å². The Labute approximate surface area is 120 Å². The van der Waals surface area contributed by atoms with Crippen molar-refractivity contribution >= 4 is 34.7 Å². The summed E-state index contributed by atoms with van der Waals surface area (Å²) in [4.78, 5) is 7.79. The fourth-order valence-electron chi connectivity index (χ4n) is 1.52. The molecule has 0 saturated carbocycles. The summed E-state index contributed by atoms with van der Waals surface area (Å²) < 4.78 is 10.4. The number of ether oxygens (including phenoxy) is 2. The van der Waals surface area contributed by atoms with E-state index in [0.29, 0.717) is 17.3 Å². The summed E-state index contributed by atoms with van der Waals surface area (Å²) >= 11 is 11.5. The van der Waals surface area contributed by atoms with Crippen molar-refractivity contribution in [2.24, 2.45) is 0 Å². The van der Waals surface area contributed by atoms with Crippen LogP contribution in [0.25, 0.3) is 0 Å². The summed E-state index contributed by atoms with van der Waals surface area (Å²) in [5.41, 5.74) is 0.767. The number of benzene rings is 1. The molecule has 0 spiro atoms. The Morgan fingerprint density at radius 1 is 1.00 bits per heavy atom. The van der Waals surface area contributed by atoms with Crippen molar-refractivity contribution in [3.05, 3.63) is 34.7 Å². The summed E-state index contributed by atoms with van der Waals surface area (Å²) in [6.45, 7) is 0. The topological polar surface area (TPSA) is 56.3 Å². The molecular weight excluding hydrogens is 289 g/mol. The molecule has 100 valence electrons. The zero-order valence-electron chi connectivity index (χ0n) is 10.3. The lowest BCUT2D eigenvalue weighted by molar-refractivity contribution is 0.355. The highest BCUT2D eigenvalue weighted by atomic mass is 35.5. The second-order valence-corrected chi connectivity index (χ2v) is 4.27. The van der Waals surface area contributed by atoms with Crippen molar-refractivity contribution in [1.29, 1.82) is 0 Å². The van der Waals surface area contributed by atoms with Gasteiger partial charge in [0.05, 0.1) is 14.2 Å². The molecular formula is C12H11Cl2N3O2. The highest BCUT2D eigenvalue weighted by Crippen LogP contribution is 2.31. The maximum Gasteiger partial charge on any atom is 0.225 e. The standard InChI is InChI=1S/C12H11Cl2N3O2/c1-18-8-4-3-7(5-9(8)19-2)15-11-6-10(13)16-12(14)17-11/h3-6H,1-2H3,(H,15,16,17). The van der Waals surface area contributed by atoms with Crippen LogP contribution in [0.1, 0.15) is 0 Å². The van der Waals surface area contributed by atoms with Gasteiger partial charge in [0, 0.05) is 17.8 Å². The first kappa shape index (κ1) is 13.7. The minimum Gasteiger partial charge on any atom is -0.493 e. The zero-order chi connectivity index (χ0) is 13.8. The molecule has 1 aromatic carbocycles. The molecule has 0 bridgehead atoms. The molecule has 0 fully saturated rings. The van der Waals surface area contributed by atoms with Gasteiger partial charge in [-0.3, -0.25) is 0 Å². The molecule has 2 rings (SSSR count). The SMILES string of the molecule is COc1ccc(Nc2cc(Cl)nc(Cl)n2)cc1OC. The van der Waals surface area contributed by atoms with Gasteiger partial charge in [-0.2, -0.15) is 0 Å². The first-order valence-corrected chi connectivity index (χ1v) is 6.07. The summed E-state index contributed by atoms with van der Waals surface area (Å²) in [5, 5.41) is 3.40. The first-order chi connectivity index (χ1) is 9.12. The number of rotatable bonds is 4. The van der Waals surface area contributed by atoms with Crippen molar-refractivity contribution in [2.45, 2.75) is 0 Å². The van der Waals surface area contributed by atoms with Crippen LogP contribution in [0, 0.1) is 0 Å². The number of methoxy groups -OCH3 is 2. The summed E-state index contributed by atoms with van der Waals surface area (Å²) in [5.74, 6) is 1.75. The third-order valence-corrected chi connectivity index (χ3v) is 2.69. The first-order valence-electron chi connectivity index (χ1n) is 5.31. The van der Waals surface area contributed by atoms with E-state index in [-0.39, 0.29) is 10.4 Å². The van der Waals surface area contributed by atoms with Crippen LogP contribution < -0.4 is 14.8 Å². The normalized spacial score (nSPS) is 10.1. The van der Waals surface area contributed by atoms with E-state index in [9.17, 15) is 0 Å². The number of hydrogen-bond donors (Lipinski definition) is 1. The third-order valence-electron chi connectivity index (χ3n) is 2.32. The van der Waals surface area contributed by atoms with Crippen LogP contribution in [0.15, 0.2) is 24.3 Å². The molecule has 0 aliphatic rings. The second kappa shape index (κ2) is 5.95. The van der Waals surface area contributed by atoms with Crippen LogP contribution in [-0.4, -0.2) is 24.2 Å². The lowest BCUT2D eigenvalue weighted by Crippen LogP contribution is -1.97. The Balaban J connectivity index is 2.28.